The highest BCUT2D eigenvalue weighted by molar-refractivity contribution is 6.15. The van der Waals surface area contributed by atoms with E-state index in [2.05, 4.69) is 19.2 Å². The predicted octanol–water partition coefficient (Wildman–Crippen LogP) is 3.00. The molecule has 0 bridgehead atoms. The summed E-state index contributed by atoms with van der Waals surface area (Å²) in [5.74, 6) is -0.971. The van der Waals surface area contributed by atoms with Gasteiger partial charge in [-0.25, -0.2) is 4.79 Å². The number of nitrogens with one attached hydrogen (secondary N) is 1. The minimum Gasteiger partial charge on any atom is -0.452 e. The fourth-order valence-electron chi connectivity index (χ4n) is 4.98. The van der Waals surface area contributed by atoms with Gasteiger partial charge in [0.25, 0.3) is 11.8 Å². The van der Waals surface area contributed by atoms with E-state index < -0.39 is 18.2 Å². The molecular formula is C25H33N3O5. The highest BCUT2D eigenvalue weighted by atomic mass is 16.5. The van der Waals surface area contributed by atoms with Crippen molar-refractivity contribution in [1.29, 1.82) is 0 Å². The first-order valence-corrected chi connectivity index (χ1v) is 12.0. The van der Waals surface area contributed by atoms with E-state index in [9.17, 15) is 19.2 Å². The average molecular weight is 456 g/mol. The van der Waals surface area contributed by atoms with Crippen molar-refractivity contribution in [2.45, 2.75) is 83.5 Å². The van der Waals surface area contributed by atoms with Gasteiger partial charge in [-0.15, -0.1) is 0 Å². The third kappa shape index (κ3) is 4.35. The van der Waals surface area contributed by atoms with Gasteiger partial charge >= 0.3 is 5.97 Å². The molecule has 0 spiro atoms. The minimum absolute atomic E-state index is 0.0243. The number of hydrogen-bond acceptors (Lipinski definition) is 5. The first-order valence-electron chi connectivity index (χ1n) is 12.0. The summed E-state index contributed by atoms with van der Waals surface area (Å²) in [6, 6.07) is 6.73. The fourth-order valence-corrected chi connectivity index (χ4v) is 4.98. The summed E-state index contributed by atoms with van der Waals surface area (Å²) in [6.07, 6.45) is 4.81. The number of anilines is 1. The largest absolute Gasteiger partial charge is 0.452 e. The Kier molecular flexibility index (Phi) is 6.45. The lowest BCUT2D eigenvalue weighted by Gasteiger charge is -2.48. The quantitative estimate of drug-likeness (QED) is 0.578. The van der Waals surface area contributed by atoms with Gasteiger partial charge < -0.3 is 15.0 Å². The number of esters is 1. The molecule has 1 saturated carbocycles. The summed E-state index contributed by atoms with van der Waals surface area (Å²) in [6.45, 7) is 5.82. The molecule has 1 saturated heterocycles. The number of hydrogen-bond donors (Lipinski definition) is 1. The molecule has 0 radical (unpaired) electrons. The second-order valence-corrected chi connectivity index (χ2v) is 9.84. The van der Waals surface area contributed by atoms with E-state index in [1.807, 2.05) is 6.92 Å². The number of ether oxygens (including phenoxy) is 1. The van der Waals surface area contributed by atoms with E-state index in [0.29, 0.717) is 17.2 Å². The maximum atomic E-state index is 13.5. The molecule has 4 rings (SSSR count). The van der Waals surface area contributed by atoms with Crippen LogP contribution in [0, 0.1) is 5.92 Å². The number of carbonyl (C=O) groups excluding carboxylic acids is 4. The Morgan fingerprint density at radius 3 is 2.58 bits per heavy atom. The zero-order valence-corrected chi connectivity index (χ0v) is 19.6. The Balaban J connectivity index is 1.49. The van der Waals surface area contributed by atoms with Crippen molar-refractivity contribution in [3.8, 4) is 0 Å². The van der Waals surface area contributed by atoms with Crippen LogP contribution in [-0.2, 0) is 19.1 Å². The fraction of sp³-hybridized carbons (Fsp3) is 0.600. The number of benzene rings is 1. The van der Waals surface area contributed by atoms with Crippen molar-refractivity contribution >= 4 is 29.4 Å². The molecule has 2 atom stereocenters. The van der Waals surface area contributed by atoms with E-state index in [4.69, 9.17) is 4.74 Å². The van der Waals surface area contributed by atoms with Crippen molar-refractivity contribution in [3.05, 3.63) is 29.8 Å². The van der Waals surface area contributed by atoms with Crippen molar-refractivity contribution in [2.75, 3.05) is 11.5 Å². The highest BCUT2D eigenvalue weighted by Gasteiger charge is 2.64. The van der Waals surface area contributed by atoms with Crippen molar-refractivity contribution in [1.82, 2.24) is 10.2 Å². The van der Waals surface area contributed by atoms with E-state index in [1.54, 1.807) is 24.3 Å². The van der Waals surface area contributed by atoms with Gasteiger partial charge in [0.2, 0.25) is 11.6 Å². The van der Waals surface area contributed by atoms with Gasteiger partial charge in [0.15, 0.2) is 6.61 Å². The monoisotopic (exact) mass is 455 g/mol. The van der Waals surface area contributed by atoms with Crippen LogP contribution in [0.4, 0.5) is 5.69 Å². The van der Waals surface area contributed by atoms with E-state index in [-0.39, 0.29) is 42.6 Å². The molecular weight excluding hydrogens is 422 g/mol. The highest BCUT2D eigenvalue weighted by Crippen LogP contribution is 2.49. The summed E-state index contributed by atoms with van der Waals surface area (Å²) < 4.78 is 5.47. The molecule has 8 heteroatoms. The third-order valence-electron chi connectivity index (χ3n) is 6.70. The molecule has 1 aromatic rings. The Morgan fingerprint density at radius 1 is 1.15 bits per heavy atom. The van der Waals surface area contributed by atoms with Crippen LogP contribution in [-0.4, -0.2) is 52.9 Å². The minimum atomic E-state index is -1.52. The van der Waals surface area contributed by atoms with Gasteiger partial charge in [-0.3, -0.25) is 19.3 Å². The predicted molar refractivity (Wildman–Crippen MR) is 122 cm³/mol. The molecule has 3 aliphatic rings. The van der Waals surface area contributed by atoms with Crippen molar-refractivity contribution in [3.63, 3.8) is 0 Å². The summed E-state index contributed by atoms with van der Waals surface area (Å²) in [7, 11) is 0. The second-order valence-electron chi connectivity index (χ2n) is 9.84. The molecule has 1 aromatic carbocycles. The lowest BCUT2D eigenvalue weighted by Crippen LogP contribution is -2.69. The number of fused-ring (bicyclic) bond motifs is 3. The van der Waals surface area contributed by atoms with Crippen LogP contribution >= 0.6 is 0 Å². The summed E-state index contributed by atoms with van der Waals surface area (Å²) in [4.78, 5) is 55.2. The number of nitrogens with zero attached hydrogens (tertiary/aromatic N) is 2. The average Bonchev–Trinajstić information content (AvgIpc) is 3.54. The van der Waals surface area contributed by atoms with Crippen molar-refractivity contribution in [2.24, 2.45) is 5.92 Å². The molecule has 2 aliphatic heterocycles. The topological polar surface area (TPSA) is 96.0 Å². The van der Waals surface area contributed by atoms with Gasteiger partial charge in [0.1, 0.15) is 0 Å². The Morgan fingerprint density at radius 2 is 1.88 bits per heavy atom. The van der Waals surface area contributed by atoms with Crippen LogP contribution in [0.15, 0.2) is 24.3 Å². The van der Waals surface area contributed by atoms with Gasteiger partial charge in [-0.05, 0) is 44.2 Å². The lowest BCUT2D eigenvalue weighted by molar-refractivity contribution is -0.160. The van der Waals surface area contributed by atoms with Gasteiger partial charge in [0.05, 0.1) is 11.3 Å². The van der Waals surface area contributed by atoms with Crippen LogP contribution in [0.2, 0.25) is 0 Å². The summed E-state index contributed by atoms with van der Waals surface area (Å²) in [5.41, 5.74) is -0.676. The second kappa shape index (κ2) is 9.15. The zero-order valence-electron chi connectivity index (χ0n) is 19.6. The van der Waals surface area contributed by atoms with Gasteiger partial charge in [0, 0.05) is 24.9 Å². The molecule has 2 heterocycles. The lowest BCUT2D eigenvalue weighted by atomic mass is 9.96. The summed E-state index contributed by atoms with van der Waals surface area (Å²) >= 11 is 0. The number of amides is 3. The first-order chi connectivity index (χ1) is 15.8. The zero-order chi connectivity index (χ0) is 23.8. The normalized spacial score (nSPS) is 22.8. The molecule has 1 N–H and O–H groups in total. The Hall–Kier alpha value is -2.90. The molecule has 0 aromatic heterocycles. The van der Waals surface area contributed by atoms with Crippen LogP contribution in [0.1, 0.15) is 76.1 Å². The molecule has 8 nitrogen and oxygen atoms in total. The van der Waals surface area contributed by atoms with E-state index in [1.165, 1.54) is 9.80 Å². The number of rotatable bonds is 9. The van der Waals surface area contributed by atoms with E-state index >= 15 is 0 Å². The molecule has 3 amide bonds. The standard InChI is InChI=1S/C25H33N3O5/c1-16(2)7-6-8-17(3)26-21(29)15-33-24(32)25-14-13-22(30)28(25)20-10-5-4-9-19(20)23(31)27(25)18-11-12-18/h4-5,9-10,16-18H,6-8,11-15H2,1-3H3,(H,26,29). The third-order valence-corrected chi connectivity index (χ3v) is 6.70. The van der Waals surface area contributed by atoms with E-state index in [0.717, 1.165) is 32.1 Å². The summed E-state index contributed by atoms with van der Waals surface area (Å²) in [5, 5.41) is 2.87. The Bertz CT molecular complexity index is 957. The smallest absolute Gasteiger partial charge is 0.354 e. The number of para-hydroxylation sites is 1. The number of carbonyl (C=O) groups is 4. The first kappa shape index (κ1) is 23.3. The molecule has 33 heavy (non-hydrogen) atoms. The maximum Gasteiger partial charge on any atom is 0.354 e. The molecule has 2 fully saturated rings. The Labute approximate surface area is 194 Å². The van der Waals surface area contributed by atoms with Crippen LogP contribution in [0.3, 0.4) is 0 Å². The van der Waals surface area contributed by atoms with Crippen LogP contribution in [0.25, 0.3) is 0 Å². The molecule has 2 unspecified atom stereocenters. The molecule has 178 valence electrons. The van der Waals surface area contributed by atoms with Crippen molar-refractivity contribution < 1.29 is 23.9 Å². The molecule has 1 aliphatic carbocycles. The SMILES string of the molecule is CC(C)CCCC(C)NC(=O)COC(=O)C12CCC(=O)N1c1ccccc1C(=O)N2C1CC1. The van der Waals surface area contributed by atoms with Crippen LogP contribution < -0.4 is 10.2 Å². The van der Waals surface area contributed by atoms with Gasteiger partial charge in [-0.2, -0.15) is 0 Å². The maximum absolute atomic E-state index is 13.5. The van der Waals surface area contributed by atoms with Gasteiger partial charge in [-0.1, -0.05) is 38.8 Å². The van der Waals surface area contributed by atoms with Crippen LogP contribution in [0.5, 0.6) is 0 Å².